The summed E-state index contributed by atoms with van der Waals surface area (Å²) in [6.45, 7) is 7.58. The molecule has 0 aliphatic rings. The summed E-state index contributed by atoms with van der Waals surface area (Å²) in [7, 11) is 0. The first kappa shape index (κ1) is 44.0. The van der Waals surface area contributed by atoms with Crippen LogP contribution in [0.3, 0.4) is 0 Å². The highest BCUT2D eigenvalue weighted by Gasteiger charge is 2.20. The molecule has 0 saturated heterocycles. The summed E-state index contributed by atoms with van der Waals surface area (Å²) < 4.78 is 0. The number of carbonyl (C=O) groups excluding carboxylic acids is 2. The summed E-state index contributed by atoms with van der Waals surface area (Å²) >= 11 is 24.6. The smallest absolute Gasteiger partial charge is 0.268 e. The Morgan fingerprint density at radius 2 is 1.02 bits per heavy atom. The van der Waals surface area contributed by atoms with Gasteiger partial charge in [-0.2, -0.15) is 0 Å². The molecule has 2 aromatic carbocycles. The number of amides is 2. The van der Waals surface area contributed by atoms with Crippen molar-refractivity contribution in [3.05, 3.63) is 140 Å². The number of aromatic nitrogens is 4. The van der Waals surface area contributed by atoms with Crippen LogP contribution in [0, 0.1) is 0 Å². The molecule has 304 valence electrons. The first-order valence-electron chi connectivity index (χ1n) is 18.3. The number of benzene rings is 2. The summed E-state index contributed by atoms with van der Waals surface area (Å²) in [5, 5.41) is 33.5. The minimum Gasteiger partial charge on any atom is -0.394 e. The highest BCUT2D eigenvalue weighted by Crippen LogP contribution is 2.32. The number of aliphatic hydroxyl groups excluding tert-OH is 2. The second-order valence-electron chi connectivity index (χ2n) is 13.8. The van der Waals surface area contributed by atoms with Crippen molar-refractivity contribution in [1.29, 1.82) is 0 Å². The third-order valence-corrected chi connectivity index (χ3v) is 9.61. The van der Waals surface area contributed by atoms with Crippen LogP contribution in [0.2, 0.25) is 20.1 Å². The molecule has 6 aromatic rings. The van der Waals surface area contributed by atoms with Gasteiger partial charge in [0.15, 0.2) is 0 Å². The number of H-pyrrole nitrogens is 2. The van der Waals surface area contributed by atoms with E-state index in [1.807, 2.05) is 39.8 Å². The topological polar surface area (TPSA) is 180 Å². The van der Waals surface area contributed by atoms with Crippen molar-refractivity contribution in [2.75, 3.05) is 23.8 Å². The highest BCUT2D eigenvalue weighted by molar-refractivity contribution is 6.33. The number of carbonyl (C=O) groups is 2. The number of rotatable bonds is 14. The molecule has 6 rings (SSSR count). The molecule has 4 aromatic heterocycles. The number of aromatic amines is 2. The van der Waals surface area contributed by atoms with E-state index in [9.17, 15) is 19.8 Å². The summed E-state index contributed by atoms with van der Waals surface area (Å²) in [4.78, 5) is 39.8. The van der Waals surface area contributed by atoms with Gasteiger partial charge in [0.2, 0.25) is 0 Å². The first-order valence-corrected chi connectivity index (χ1v) is 19.8. The van der Waals surface area contributed by atoms with E-state index in [2.05, 4.69) is 41.2 Å². The maximum atomic E-state index is 12.7. The molecule has 0 saturated carbocycles. The van der Waals surface area contributed by atoms with E-state index in [0.29, 0.717) is 43.1 Å². The molecule has 0 aliphatic heterocycles. The zero-order valence-corrected chi connectivity index (χ0v) is 35.1. The Morgan fingerprint density at radius 3 is 1.36 bits per heavy atom. The lowest BCUT2D eigenvalue weighted by Gasteiger charge is -2.16. The van der Waals surface area contributed by atoms with Crippen LogP contribution in [-0.4, -0.2) is 67.3 Å². The first-order chi connectivity index (χ1) is 27.7. The molecule has 0 bridgehead atoms. The van der Waals surface area contributed by atoms with E-state index in [-0.39, 0.29) is 37.1 Å². The van der Waals surface area contributed by atoms with E-state index in [0.717, 1.165) is 33.4 Å². The van der Waals surface area contributed by atoms with Crippen molar-refractivity contribution < 1.29 is 19.8 Å². The lowest BCUT2D eigenvalue weighted by atomic mass is 10.1. The van der Waals surface area contributed by atoms with Crippen LogP contribution in [0.1, 0.15) is 71.9 Å². The lowest BCUT2D eigenvalue weighted by Crippen LogP contribution is -2.31. The van der Waals surface area contributed by atoms with Gasteiger partial charge >= 0.3 is 0 Å². The fourth-order valence-electron chi connectivity index (χ4n) is 5.82. The van der Waals surface area contributed by atoms with Crippen molar-refractivity contribution in [3.63, 3.8) is 0 Å². The number of pyridine rings is 2. The third kappa shape index (κ3) is 12.0. The second-order valence-corrected chi connectivity index (χ2v) is 15.5. The molecule has 2 amide bonds. The highest BCUT2D eigenvalue weighted by atomic mass is 35.5. The van der Waals surface area contributed by atoms with Gasteiger partial charge in [0.25, 0.3) is 11.8 Å². The SMILES string of the molecule is CC(C)Nc1cc(-c2c[nH]c(C(=O)N[C@H](CO)c3cccc(Cl)c3)c2)c(Cl)cn1.CC(C)Nc1cc(-c2c[nH]c(C(=O)N[C@H](CO)c3cccc(Cl)c3)c2)c(Cl)cn1. The molecule has 0 unspecified atom stereocenters. The van der Waals surface area contributed by atoms with Gasteiger partial charge in [-0.3, -0.25) is 9.59 Å². The van der Waals surface area contributed by atoms with Gasteiger partial charge in [0, 0.05) is 69.2 Å². The maximum absolute atomic E-state index is 12.7. The van der Waals surface area contributed by atoms with Crippen molar-refractivity contribution >= 4 is 69.9 Å². The van der Waals surface area contributed by atoms with Gasteiger partial charge in [-0.15, -0.1) is 0 Å². The molecule has 0 aliphatic carbocycles. The Bertz CT molecular complexity index is 2170. The molecule has 2 atom stereocenters. The lowest BCUT2D eigenvalue weighted by molar-refractivity contribution is 0.0905. The number of halogens is 4. The quantitative estimate of drug-likeness (QED) is 0.0534. The Morgan fingerprint density at radius 1 is 0.621 bits per heavy atom. The minimum atomic E-state index is -0.570. The fraction of sp³-hybridized carbons (Fsp3) is 0.238. The van der Waals surface area contributed by atoms with Crippen LogP contribution in [0.25, 0.3) is 22.3 Å². The molecule has 0 spiro atoms. The molecule has 16 heteroatoms. The van der Waals surface area contributed by atoms with Crippen LogP contribution in [0.5, 0.6) is 0 Å². The Balaban J connectivity index is 0.000000221. The third-order valence-electron chi connectivity index (χ3n) is 8.54. The number of nitrogens with one attached hydrogen (secondary N) is 6. The van der Waals surface area contributed by atoms with Crippen molar-refractivity contribution in [2.24, 2.45) is 0 Å². The van der Waals surface area contributed by atoms with Crippen LogP contribution < -0.4 is 21.3 Å². The van der Waals surface area contributed by atoms with Crippen molar-refractivity contribution in [1.82, 2.24) is 30.6 Å². The standard InChI is InChI=1S/2C21H22Cl2N4O2/c2*1-12(2)26-20-8-16(17(23)10-25-20)14-7-18(24-9-14)21(29)27-19(11-28)13-4-3-5-15(22)6-13/h2*3-10,12,19,24,28H,11H2,1-2H3,(H,25,26)(H,27,29)/t2*19-/m11/s1. The molecule has 8 N–H and O–H groups in total. The normalized spacial score (nSPS) is 12.1. The Kier molecular flexibility index (Phi) is 15.6. The average Bonchev–Trinajstić information content (AvgIpc) is 3.89. The molecule has 4 heterocycles. The van der Waals surface area contributed by atoms with Gasteiger partial charge in [-0.1, -0.05) is 70.7 Å². The van der Waals surface area contributed by atoms with Crippen molar-refractivity contribution in [3.8, 4) is 22.3 Å². The van der Waals surface area contributed by atoms with E-state index in [4.69, 9.17) is 46.4 Å². The molecule has 12 nitrogen and oxygen atoms in total. The monoisotopic (exact) mass is 864 g/mol. The molecular weight excluding hydrogens is 822 g/mol. The number of anilines is 2. The fourth-order valence-corrected chi connectivity index (χ4v) is 6.64. The van der Waals surface area contributed by atoms with Gasteiger partial charge in [-0.05, 0) is 87.4 Å². The Hall–Kier alpha value is -5.08. The number of hydrogen-bond donors (Lipinski definition) is 8. The van der Waals surface area contributed by atoms with Gasteiger partial charge in [0.1, 0.15) is 23.0 Å². The molecule has 0 radical (unpaired) electrons. The predicted octanol–water partition coefficient (Wildman–Crippen LogP) is 9.33. The van der Waals surface area contributed by atoms with Gasteiger partial charge in [0.05, 0.1) is 35.3 Å². The zero-order valence-electron chi connectivity index (χ0n) is 32.1. The van der Waals surface area contributed by atoms with Gasteiger partial charge in [-0.25, -0.2) is 9.97 Å². The number of hydrogen-bond acceptors (Lipinski definition) is 8. The summed E-state index contributed by atoms with van der Waals surface area (Å²) in [5.41, 5.74) is 5.19. The summed E-state index contributed by atoms with van der Waals surface area (Å²) in [6, 6.07) is 20.5. The molecule has 0 fully saturated rings. The van der Waals surface area contributed by atoms with Crippen molar-refractivity contribution in [2.45, 2.75) is 51.9 Å². The minimum absolute atomic E-state index is 0.228. The van der Waals surface area contributed by atoms with Crippen LogP contribution >= 0.6 is 46.4 Å². The number of aliphatic hydroxyl groups is 2. The van der Waals surface area contributed by atoms with Crippen LogP contribution in [0.15, 0.2) is 97.6 Å². The van der Waals surface area contributed by atoms with E-state index >= 15 is 0 Å². The van der Waals surface area contributed by atoms with E-state index in [1.54, 1.807) is 85.5 Å². The van der Waals surface area contributed by atoms with E-state index < -0.39 is 12.1 Å². The summed E-state index contributed by atoms with van der Waals surface area (Å²) in [5.74, 6) is 0.711. The predicted molar refractivity (Wildman–Crippen MR) is 233 cm³/mol. The second kappa shape index (κ2) is 20.6. The van der Waals surface area contributed by atoms with Gasteiger partial charge < -0.3 is 41.4 Å². The summed E-state index contributed by atoms with van der Waals surface area (Å²) in [6.07, 6.45) is 6.58. The van der Waals surface area contributed by atoms with Crippen LogP contribution in [0.4, 0.5) is 11.6 Å². The maximum Gasteiger partial charge on any atom is 0.268 e. The largest absolute Gasteiger partial charge is 0.394 e. The Labute approximate surface area is 356 Å². The number of nitrogens with zero attached hydrogens (tertiary/aromatic N) is 2. The van der Waals surface area contributed by atoms with E-state index in [1.165, 1.54) is 0 Å². The molecular formula is C42H44Cl4N8O4. The average molecular weight is 867 g/mol. The zero-order chi connectivity index (χ0) is 41.9. The van der Waals surface area contributed by atoms with Crippen LogP contribution in [-0.2, 0) is 0 Å². The molecule has 58 heavy (non-hydrogen) atoms.